The van der Waals surface area contributed by atoms with E-state index in [0.29, 0.717) is 0 Å². The van der Waals surface area contributed by atoms with Crippen LogP contribution in [0.3, 0.4) is 0 Å². The molecule has 3 rings (SSSR count). The number of methoxy groups -OCH3 is 2. The summed E-state index contributed by atoms with van der Waals surface area (Å²) >= 11 is 1.58. The van der Waals surface area contributed by atoms with Crippen LogP contribution >= 0.6 is 11.3 Å². The molecule has 0 radical (unpaired) electrons. The standard InChI is InChI=1S/C19H22N2O3S/c1-13-20-14(12-25-13)6-9-19(22)21-10-4-5-17(21)16-8-7-15(23-2)11-18(16)24-3/h6-9,11-12,17H,4-5,10H2,1-3H3/b9-6+. The molecule has 1 aliphatic rings. The Hall–Kier alpha value is -2.34. The first-order valence-electron chi connectivity index (χ1n) is 8.25. The number of ether oxygens (including phenoxy) is 2. The molecule has 1 unspecified atom stereocenters. The Kier molecular flexibility index (Phi) is 5.38. The molecule has 0 bridgehead atoms. The fourth-order valence-corrected chi connectivity index (χ4v) is 3.74. The Morgan fingerprint density at radius 2 is 2.20 bits per heavy atom. The van der Waals surface area contributed by atoms with Crippen molar-refractivity contribution in [3.63, 3.8) is 0 Å². The number of likely N-dealkylation sites (tertiary alicyclic amines) is 1. The van der Waals surface area contributed by atoms with Gasteiger partial charge in [0.1, 0.15) is 11.5 Å². The first-order valence-corrected chi connectivity index (χ1v) is 9.13. The first-order chi connectivity index (χ1) is 12.1. The number of nitrogens with zero attached hydrogens (tertiary/aromatic N) is 2. The summed E-state index contributed by atoms with van der Waals surface area (Å²) in [6, 6.07) is 5.79. The zero-order valence-electron chi connectivity index (χ0n) is 14.7. The summed E-state index contributed by atoms with van der Waals surface area (Å²) in [6.07, 6.45) is 5.31. The van der Waals surface area contributed by atoms with E-state index in [2.05, 4.69) is 4.98 Å². The van der Waals surface area contributed by atoms with E-state index in [1.54, 1.807) is 37.7 Å². The minimum atomic E-state index is 0.00558. The maximum Gasteiger partial charge on any atom is 0.247 e. The highest BCUT2D eigenvalue weighted by Crippen LogP contribution is 2.38. The van der Waals surface area contributed by atoms with Gasteiger partial charge in [-0.25, -0.2) is 4.98 Å². The van der Waals surface area contributed by atoms with Gasteiger partial charge in [0, 0.05) is 29.6 Å². The van der Waals surface area contributed by atoms with Crippen molar-refractivity contribution in [3.8, 4) is 11.5 Å². The van der Waals surface area contributed by atoms with Crippen LogP contribution < -0.4 is 9.47 Å². The lowest BCUT2D eigenvalue weighted by atomic mass is 10.0. The van der Waals surface area contributed by atoms with Crippen LogP contribution in [0.1, 0.15) is 35.1 Å². The Labute approximate surface area is 151 Å². The van der Waals surface area contributed by atoms with Crippen LogP contribution in [0.15, 0.2) is 29.7 Å². The van der Waals surface area contributed by atoms with Gasteiger partial charge in [-0.05, 0) is 38.0 Å². The lowest BCUT2D eigenvalue weighted by molar-refractivity contribution is -0.126. The third kappa shape index (κ3) is 3.85. The number of hydrogen-bond donors (Lipinski definition) is 0. The molecule has 1 fully saturated rings. The molecule has 0 spiro atoms. The van der Waals surface area contributed by atoms with E-state index in [4.69, 9.17) is 9.47 Å². The molecule has 2 heterocycles. The van der Waals surface area contributed by atoms with E-state index < -0.39 is 0 Å². The van der Waals surface area contributed by atoms with Crippen molar-refractivity contribution < 1.29 is 14.3 Å². The van der Waals surface area contributed by atoms with E-state index >= 15 is 0 Å². The molecule has 1 aliphatic heterocycles. The molecule has 2 aromatic rings. The molecule has 0 N–H and O–H groups in total. The number of hydrogen-bond acceptors (Lipinski definition) is 5. The molecule has 0 aliphatic carbocycles. The van der Waals surface area contributed by atoms with Gasteiger partial charge in [0.2, 0.25) is 5.91 Å². The second kappa shape index (κ2) is 7.70. The lowest BCUT2D eigenvalue weighted by Gasteiger charge is -2.25. The smallest absolute Gasteiger partial charge is 0.247 e. The monoisotopic (exact) mass is 358 g/mol. The van der Waals surface area contributed by atoms with E-state index in [1.165, 1.54) is 0 Å². The van der Waals surface area contributed by atoms with Crippen molar-refractivity contribution in [1.29, 1.82) is 0 Å². The third-order valence-corrected chi connectivity index (χ3v) is 5.16. The molecule has 1 atom stereocenters. The van der Waals surface area contributed by atoms with Gasteiger partial charge < -0.3 is 14.4 Å². The number of aryl methyl sites for hydroxylation is 1. The Bertz CT molecular complexity index is 785. The second-order valence-corrected chi connectivity index (χ2v) is 6.98. The summed E-state index contributed by atoms with van der Waals surface area (Å²) < 4.78 is 10.8. The summed E-state index contributed by atoms with van der Waals surface area (Å²) in [6.45, 7) is 2.70. The summed E-state index contributed by atoms with van der Waals surface area (Å²) in [5.41, 5.74) is 1.85. The molecular weight excluding hydrogens is 336 g/mol. The summed E-state index contributed by atoms with van der Waals surface area (Å²) in [4.78, 5) is 18.9. The zero-order chi connectivity index (χ0) is 17.8. The SMILES string of the molecule is COc1ccc(C2CCCN2C(=O)/C=C/c2csc(C)n2)c(OC)c1. The highest BCUT2D eigenvalue weighted by atomic mass is 32.1. The van der Waals surface area contributed by atoms with Crippen molar-refractivity contribution in [1.82, 2.24) is 9.88 Å². The predicted octanol–water partition coefficient (Wildman–Crippen LogP) is 3.85. The Morgan fingerprint density at radius 1 is 1.36 bits per heavy atom. The lowest BCUT2D eigenvalue weighted by Crippen LogP contribution is -2.29. The fraction of sp³-hybridized carbons (Fsp3) is 0.368. The van der Waals surface area contributed by atoms with Gasteiger partial charge in [-0.2, -0.15) is 0 Å². The molecule has 5 nitrogen and oxygen atoms in total. The number of benzene rings is 1. The van der Waals surface area contributed by atoms with Crippen LogP contribution in [0.2, 0.25) is 0 Å². The van der Waals surface area contributed by atoms with Gasteiger partial charge in [0.15, 0.2) is 0 Å². The van der Waals surface area contributed by atoms with Crippen molar-refractivity contribution in [2.75, 3.05) is 20.8 Å². The average Bonchev–Trinajstić information content (AvgIpc) is 3.28. The van der Waals surface area contributed by atoms with E-state index in [1.807, 2.05) is 35.4 Å². The van der Waals surface area contributed by atoms with Crippen molar-refractivity contribution in [3.05, 3.63) is 45.9 Å². The minimum Gasteiger partial charge on any atom is -0.497 e. The van der Waals surface area contributed by atoms with Gasteiger partial charge in [-0.15, -0.1) is 11.3 Å². The van der Waals surface area contributed by atoms with Crippen LogP contribution in [0.5, 0.6) is 11.5 Å². The van der Waals surface area contributed by atoms with Gasteiger partial charge >= 0.3 is 0 Å². The molecule has 25 heavy (non-hydrogen) atoms. The highest BCUT2D eigenvalue weighted by molar-refractivity contribution is 7.09. The van der Waals surface area contributed by atoms with Gasteiger partial charge in [-0.1, -0.05) is 0 Å². The fourth-order valence-electron chi connectivity index (χ4n) is 3.16. The molecule has 1 aromatic carbocycles. The number of rotatable bonds is 5. The van der Waals surface area contributed by atoms with Crippen molar-refractivity contribution in [2.24, 2.45) is 0 Å². The maximum absolute atomic E-state index is 12.7. The van der Waals surface area contributed by atoms with Crippen molar-refractivity contribution in [2.45, 2.75) is 25.8 Å². The number of carbonyl (C=O) groups excluding carboxylic acids is 1. The summed E-state index contributed by atoms with van der Waals surface area (Å²) in [5.74, 6) is 1.50. The molecule has 1 aromatic heterocycles. The maximum atomic E-state index is 12.7. The topological polar surface area (TPSA) is 51.7 Å². The molecule has 0 saturated carbocycles. The van der Waals surface area contributed by atoms with Crippen LogP contribution in [0.4, 0.5) is 0 Å². The largest absolute Gasteiger partial charge is 0.497 e. The van der Waals surface area contributed by atoms with E-state index in [0.717, 1.165) is 47.2 Å². The summed E-state index contributed by atoms with van der Waals surface area (Å²) in [7, 11) is 3.27. The molecular formula is C19H22N2O3S. The average molecular weight is 358 g/mol. The molecule has 6 heteroatoms. The highest BCUT2D eigenvalue weighted by Gasteiger charge is 2.31. The third-order valence-electron chi connectivity index (χ3n) is 4.37. The number of aromatic nitrogens is 1. The molecule has 1 saturated heterocycles. The van der Waals surface area contributed by atoms with Gasteiger partial charge in [0.25, 0.3) is 0 Å². The van der Waals surface area contributed by atoms with Crippen LogP contribution in [0.25, 0.3) is 6.08 Å². The quantitative estimate of drug-likeness (QED) is 0.762. The normalized spacial score (nSPS) is 17.2. The molecule has 1 amide bonds. The van der Waals surface area contributed by atoms with E-state index in [9.17, 15) is 4.79 Å². The number of carbonyl (C=O) groups is 1. The predicted molar refractivity (Wildman–Crippen MR) is 99.1 cm³/mol. The van der Waals surface area contributed by atoms with Gasteiger partial charge in [0.05, 0.1) is 31.0 Å². The Balaban J connectivity index is 1.80. The Morgan fingerprint density at radius 3 is 2.88 bits per heavy atom. The minimum absolute atomic E-state index is 0.00558. The van der Waals surface area contributed by atoms with Gasteiger partial charge in [-0.3, -0.25) is 4.79 Å². The van der Waals surface area contributed by atoms with Crippen LogP contribution in [-0.2, 0) is 4.79 Å². The van der Waals surface area contributed by atoms with Crippen molar-refractivity contribution >= 4 is 23.3 Å². The number of amides is 1. The van der Waals surface area contributed by atoms with Crippen LogP contribution in [0, 0.1) is 6.92 Å². The van der Waals surface area contributed by atoms with Crippen LogP contribution in [-0.4, -0.2) is 36.6 Å². The molecule has 132 valence electrons. The van der Waals surface area contributed by atoms with E-state index in [-0.39, 0.29) is 11.9 Å². The zero-order valence-corrected chi connectivity index (χ0v) is 15.5. The summed E-state index contributed by atoms with van der Waals surface area (Å²) in [5, 5.41) is 2.95. The second-order valence-electron chi connectivity index (χ2n) is 5.92. The number of thiazole rings is 1. The first kappa shape index (κ1) is 17.5.